The minimum atomic E-state index is -0.0387. The Labute approximate surface area is 146 Å². The highest BCUT2D eigenvalue weighted by atomic mass is 16.5. The second-order valence-electron chi connectivity index (χ2n) is 6.38. The van der Waals surface area contributed by atoms with Crippen molar-refractivity contribution in [2.24, 2.45) is 5.92 Å². The molecule has 0 spiro atoms. The van der Waals surface area contributed by atoms with Gasteiger partial charge in [0.05, 0.1) is 6.61 Å². The van der Waals surface area contributed by atoms with E-state index in [0.29, 0.717) is 25.4 Å². The van der Waals surface area contributed by atoms with Crippen molar-refractivity contribution in [3.05, 3.63) is 66.4 Å². The summed E-state index contributed by atoms with van der Waals surface area (Å²) in [6.45, 7) is 1.90. The van der Waals surface area contributed by atoms with Gasteiger partial charge in [0.1, 0.15) is 11.3 Å². The van der Waals surface area contributed by atoms with Gasteiger partial charge in [-0.15, -0.1) is 0 Å². The zero-order valence-corrected chi connectivity index (χ0v) is 14.1. The van der Waals surface area contributed by atoms with Crippen LogP contribution in [0.3, 0.4) is 0 Å². The molecule has 128 valence electrons. The Morgan fingerprint density at radius 3 is 2.88 bits per heavy atom. The van der Waals surface area contributed by atoms with Crippen LogP contribution in [-0.4, -0.2) is 52.0 Å². The molecule has 4 heterocycles. The maximum atomic E-state index is 12.9. The van der Waals surface area contributed by atoms with Gasteiger partial charge in [-0.25, -0.2) is 4.98 Å². The fourth-order valence-corrected chi connectivity index (χ4v) is 3.55. The molecular formula is C19H20N4O2. The summed E-state index contributed by atoms with van der Waals surface area (Å²) >= 11 is 0. The number of methoxy groups -OCH3 is 1. The molecule has 3 aromatic heterocycles. The number of likely N-dealkylation sites (tertiary alicyclic amines) is 1. The van der Waals surface area contributed by atoms with E-state index in [2.05, 4.69) is 9.97 Å². The molecule has 2 atom stereocenters. The van der Waals surface area contributed by atoms with Gasteiger partial charge in [-0.2, -0.15) is 0 Å². The summed E-state index contributed by atoms with van der Waals surface area (Å²) < 4.78 is 7.24. The number of aromatic nitrogens is 3. The largest absolute Gasteiger partial charge is 0.384 e. The third-order valence-corrected chi connectivity index (χ3v) is 4.76. The third-order valence-electron chi connectivity index (χ3n) is 4.76. The van der Waals surface area contributed by atoms with Crippen LogP contribution in [0.15, 0.2) is 55.0 Å². The van der Waals surface area contributed by atoms with Crippen molar-refractivity contribution in [1.29, 1.82) is 0 Å². The van der Waals surface area contributed by atoms with Crippen LogP contribution in [0.4, 0.5) is 0 Å². The maximum Gasteiger partial charge on any atom is 0.274 e. The zero-order valence-electron chi connectivity index (χ0n) is 14.1. The van der Waals surface area contributed by atoms with Crippen LogP contribution in [-0.2, 0) is 4.74 Å². The lowest BCUT2D eigenvalue weighted by Crippen LogP contribution is -2.29. The van der Waals surface area contributed by atoms with Crippen LogP contribution >= 0.6 is 0 Å². The fourth-order valence-electron chi connectivity index (χ4n) is 3.55. The summed E-state index contributed by atoms with van der Waals surface area (Å²) in [5.74, 6) is 0.381. The SMILES string of the molecule is COC[C@@H]1CN(C(=O)c2cn3ccccc3n2)C[C@H]1c1ccccn1. The van der Waals surface area contributed by atoms with E-state index >= 15 is 0 Å². The third kappa shape index (κ3) is 3.00. The lowest BCUT2D eigenvalue weighted by Gasteiger charge is -2.16. The van der Waals surface area contributed by atoms with Gasteiger partial charge in [0, 0.05) is 56.3 Å². The number of carbonyl (C=O) groups excluding carboxylic acids is 1. The Hall–Kier alpha value is -2.73. The predicted molar refractivity (Wildman–Crippen MR) is 93.4 cm³/mol. The Morgan fingerprint density at radius 1 is 1.24 bits per heavy atom. The van der Waals surface area contributed by atoms with Crippen LogP contribution in [0.5, 0.6) is 0 Å². The molecule has 0 aliphatic carbocycles. The number of imidazole rings is 1. The topological polar surface area (TPSA) is 59.7 Å². The molecule has 1 fully saturated rings. The number of carbonyl (C=O) groups is 1. The highest BCUT2D eigenvalue weighted by Gasteiger charge is 2.37. The summed E-state index contributed by atoms with van der Waals surface area (Å²) in [5.41, 5.74) is 2.26. The van der Waals surface area contributed by atoms with Crippen molar-refractivity contribution in [1.82, 2.24) is 19.3 Å². The van der Waals surface area contributed by atoms with Gasteiger partial charge >= 0.3 is 0 Å². The van der Waals surface area contributed by atoms with E-state index in [4.69, 9.17) is 4.74 Å². The molecule has 0 unspecified atom stereocenters. The van der Waals surface area contributed by atoms with E-state index in [0.717, 1.165) is 11.3 Å². The Morgan fingerprint density at radius 2 is 2.12 bits per heavy atom. The highest BCUT2D eigenvalue weighted by molar-refractivity contribution is 5.93. The summed E-state index contributed by atoms with van der Waals surface area (Å²) in [4.78, 5) is 23.7. The molecule has 0 aromatic carbocycles. The Balaban J connectivity index is 1.59. The first kappa shape index (κ1) is 15.8. The molecule has 1 saturated heterocycles. The van der Waals surface area contributed by atoms with Crippen LogP contribution in [0, 0.1) is 5.92 Å². The van der Waals surface area contributed by atoms with Crippen LogP contribution < -0.4 is 0 Å². The molecule has 25 heavy (non-hydrogen) atoms. The van der Waals surface area contributed by atoms with Gasteiger partial charge < -0.3 is 14.0 Å². The minimum Gasteiger partial charge on any atom is -0.384 e. The van der Waals surface area contributed by atoms with Gasteiger partial charge in [-0.1, -0.05) is 12.1 Å². The molecule has 4 rings (SSSR count). The van der Waals surface area contributed by atoms with Gasteiger partial charge in [0.15, 0.2) is 0 Å². The fraction of sp³-hybridized carbons (Fsp3) is 0.316. The average molecular weight is 336 g/mol. The first-order chi connectivity index (χ1) is 12.3. The van der Waals surface area contributed by atoms with Gasteiger partial charge in [-0.05, 0) is 24.3 Å². The van der Waals surface area contributed by atoms with Crippen molar-refractivity contribution in [3.8, 4) is 0 Å². The van der Waals surface area contributed by atoms with Gasteiger partial charge in [-0.3, -0.25) is 9.78 Å². The standard InChI is InChI=1S/C19H20N4O2/c1-25-13-14-10-23(11-15(14)16-6-2-4-8-20-16)19(24)17-12-22-9-5-3-7-18(22)21-17/h2-9,12,14-15H,10-11,13H2,1H3/t14-,15+/m0/s1. The van der Waals surface area contributed by atoms with Gasteiger partial charge in [0.2, 0.25) is 0 Å². The zero-order chi connectivity index (χ0) is 17.2. The molecule has 6 heteroatoms. The molecule has 0 bridgehead atoms. The summed E-state index contributed by atoms with van der Waals surface area (Å²) in [6.07, 6.45) is 5.48. The van der Waals surface area contributed by atoms with E-state index in [1.165, 1.54) is 0 Å². The molecule has 0 N–H and O–H groups in total. The van der Waals surface area contributed by atoms with Crippen LogP contribution in [0.25, 0.3) is 5.65 Å². The van der Waals surface area contributed by atoms with Crippen molar-refractivity contribution >= 4 is 11.6 Å². The van der Waals surface area contributed by atoms with E-state index in [1.807, 2.05) is 51.9 Å². The van der Waals surface area contributed by atoms with E-state index in [1.54, 1.807) is 19.5 Å². The molecule has 0 saturated carbocycles. The minimum absolute atomic E-state index is 0.0387. The number of ether oxygens (including phenoxy) is 1. The Bertz CT molecular complexity index is 844. The lowest BCUT2D eigenvalue weighted by molar-refractivity contribution is 0.0770. The van der Waals surface area contributed by atoms with Crippen molar-refractivity contribution in [2.45, 2.75) is 5.92 Å². The molecular weight excluding hydrogens is 316 g/mol. The number of rotatable bonds is 4. The molecule has 3 aromatic rings. The number of nitrogens with zero attached hydrogens (tertiary/aromatic N) is 4. The molecule has 1 aliphatic rings. The summed E-state index contributed by atoms with van der Waals surface area (Å²) in [7, 11) is 1.70. The first-order valence-electron chi connectivity index (χ1n) is 8.39. The van der Waals surface area contributed by atoms with Crippen molar-refractivity contribution in [3.63, 3.8) is 0 Å². The summed E-state index contributed by atoms with van der Waals surface area (Å²) in [6, 6.07) is 11.6. The average Bonchev–Trinajstić information content (AvgIpc) is 3.26. The predicted octanol–water partition coefficient (Wildman–Crippen LogP) is 2.23. The molecule has 1 amide bonds. The number of hydrogen-bond donors (Lipinski definition) is 0. The Kier molecular flexibility index (Phi) is 4.19. The van der Waals surface area contributed by atoms with Crippen molar-refractivity contribution in [2.75, 3.05) is 26.8 Å². The highest BCUT2D eigenvalue weighted by Crippen LogP contribution is 2.32. The van der Waals surface area contributed by atoms with Crippen LogP contribution in [0.2, 0.25) is 0 Å². The maximum absolute atomic E-state index is 12.9. The number of amides is 1. The summed E-state index contributed by atoms with van der Waals surface area (Å²) in [5, 5.41) is 0. The van der Waals surface area contributed by atoms with Crippen molar-refractivity contribution < 1.29 is 9.53 Å². The lowest BCUT2D eigenvalue weighted by atomic mass is 9.93. The number of pyridine rings is 2. The smallest absolute Gasteiger partial charge is 0.274 e. The monoisotopic (exact) mass is 336 g/mol. The van der Waals surface area contributed by atoms with E-state index < -0.39 is 0 Å². The second kappa shape index (κ2) is 6.64. The number of hydrogen-bond acceptors (Lipinski definition) is 4. The van der Waals surface area contributed by atoms with E-state index in [9.17, 15) is 4.79 Å². The molecule has 0 radical (unpaired) electrons. The quantitative estimate of drug-likeness (QED) is 0.733. The number of fused-ring (bicyclic) bond motifs is 1. The normalized spacial score (nSPS) is 20.3. The van der Waals surface area contributed by atoms with Crippen LogP contribution in [0.1, 0.15) is 22.1 Å². The van der Waals surface area contributed by atoms with E-state index in [-0.39, 0.29) is 17.7 Å². The second-order valence-corrected chi connectivity index (χ2v) is 6.38. The molecule has 6 nitrogen and oxygen atoms in total. The first-order valence-corrected chi connectivity index (χ1v) is 8.39. The van der Waals surface area contributed by atoms with Gasteiger partial charge in [0.25, 0.3) is 5.91 Å². The molecule has 1 aliphatic heterocycles.